The summed E-state index contributed by atoms with van der Waals surface area (Å²) in [7, 11) is 0. The van der Waals surface area contributed by atoms with Crippen molar-refractivity contribution in [1.82, 2.24) is 19.8 Å². The van der Waals surface area contributed by atoms with E-state index >= 15 is 0 Å². The van der Waals surface area contributed by atoms with Crippen LogP contribution >= 0.6 is 0 Å². The summed E-state index contributed by atoms with van der Waals surface area (Å²) in [6.07, 6.45) is 10.1. The average Bonchev–Trinajstić information content (AvgIpc) is 3.17. The number of benzene rings is 1. The number of hydrogen-bond acceptors (Lipinski definition) is 4. The number of likely N-dealkylation sites (tertiary alicyclic amines) is 2. The molecule has 0 unspecified atom stereocenters. The normalized spacial score (nSPS) is 25.6. The van der Waals surface area contributed by atoms with E-state index in [-0.39, 0.29) is 11.3 Å². The predicted octanol–water partition coefficient (Wildman–Crippen LogP) is 3.16. The van der Waals surface area contributed by atoms with Crippen LogP contribution < -0.4 is 0 Å². The molecule has 1 aliphatic carbocycles. The summed E-state index contributed by atoms with van der Waals surface area (Å²) in [5.74, 6) is 0.267. The number of aryl methyl sites for hydroxylation is 1. The second-order valence-electron chi connectivity index (χ2n) is 9.30. The summed E-state index contributed by atoms with van der Waals surface area (Å²) < 4.78 is 0. The third-order valence-electron chi connectivity index (χ3n) is 7.17. The lowest BCUT2D eigenvalue weighted by Crippen LogP contribution is -2.55. The van der Waals surface area contributed by atoms with E-state index in [1.165, 1.54) is 43.4 Å². The number of fused-ring (bicyclic) bond motifs is 1. The van der Waals surface area contributed by atoms with E-state index in [0.717, 1.165) is 30.9 Å². The second kappa shape index (κ2) is 7.52. The van der Waals surface area contributed by atoms with E-state index in [9.17, 15) is 4.79 Å². The second-order valence-corrected chi connectivity index (χ2v) is 9.30. The molecule has 3 aliphatic rings. The zero-order chi connectivity index (χ0) is 19.8. The maximum Gasteiger partial charge on any atom is 0.222 e. The Labute approximate surface area is 173 Å². The molecule has 0 radical (unpaired) electrons. The number of nitrogens with zero attached hydrogens (tertiary/aromatic N) is 4. The van der Waals surface area contributed by atoms with Gasteiger partial charge in [0.2, 0.25) is 5.91 Å². The van der Waals surface area contributed by atoms with Crippen molar-refractivity contribution in [2.24, 2.45) is 5.41 Å². The van der Waals surface area contributed by atoms with Gasteiger partial charge in [-0.15, -0.1) is 0 Å². The van der Waals surface area contributed by atoms with Crippen molar-refractivity contribution in [2.45, 2.75) is 58.0 Å². The topological polar surface area (TPSA) is 49.3 Å². The number of carbonyl (C=O) groups excluding carboxylic acids is 1. The molecule has 29 heavy (non-hydrogen) atoms. The lowest BCUT2D eigenvalue weighted by molar-refractivity contribution is -0.140. The van der Waals surface area contributed by atoms with Gasteiger partial charge in [0.05, 0.1) is 24.1 Å². The van der Waals surface area contributed by atoms with Crippen molar-refractivity contribution in [1.29, 1.82) is 0 Å². The van der Waals surface area contributed by atoms with Crippen LogP contribution in [0.5, 0.6) is 0 Å². The first-order valence-corrected chi connectivity index (χ1v) is 11.0. The highest BCUT2D eigenvalue weighted by Gasteiger charge is 2.43. The zero-order valence-electron chi connectivity index (χ0n) is 17.3. The van der Waals surface area contributed by atoms with Crippen molar-refractivity contribution < 1.29 is 4.79 Å². The fourth-order valence-electron chi connectivity index (χ4n) is 5.63. The summed E-state index contributed by atoms with van der Waals surface area (Å²) in [5, 5.41) is 0. The molecule has 2 aliphatic heterocycles. The van der Waals surface area contributed by atoms with E-state index in [2.05, 4.69) is 39.1 Å². The maximum absolute atomic E-state index is 12.6. The molecule has 0 saturated carbocycles. The van der Waals surface area contributed by atoms with Gasteiger partial charge in [0.25, 0.3) is 0 Å². The van der Waals surface area contributed by atoms with Crippen LogP contribution in [0.3, 0.4) is 0 Å². The molecule has 3 heterocycles. The van der Waals surface area contributed by atoms with Gasteiger partial charge in [-0.05, 0) is 56.7 Å². The van der Waals surface area contributed by atoms with Gasteiger partial charge in [0.1, 0.15) is 0 Å². The van der Waals surface area contributed by atoms with Gasteiger partial charge in [0.15, 0.2) is 0 Å². The molecule has 5 heteroatoms. The van der Waals surface area contributed by atoms with Crippen molar-refractivity contribution in [3.63, 3.8) is 0 Å². The Morgan fingerprint density at radius 1 is 1.07 bits per heavy atom. The number of amides is 1. The summed E-state index contributed by atoms with van der Waals surface area (Å²) >= 11 is 0. The van der Waals surface area contributed by atoms with Gasteiger partial charge in [-0.2, -0.15) is 0 Å². The summed E-state index contributed by atoms with van der Waals surface area (Å²) in [6.45, 7) is 5.70. The van der Waals surface area contributed by atoms with Crippen LogP contribution in [0.2, 0.25) is 0 Å². The Kier molecular flexibility index (Phi) is 4.86. The van der Waals surface area contributed by atoms with Crippen LogP contribution in [0, 0.1) is 12.3 Å². The molecule has 2 aromatic rings. The molecule has 2 fully saturated rings. The minimum atomic E-state index is 0.235. The van der Waals surface area contributed by atoms with E-state index in [0.29, 0.717) is 19.0 Å². The molecule has 0 bridgehead atoms. The highest BCUT2D eigenvalue weighted by molar-refractivity contribution is 5.77. The molecule has 1 aromatic carbocycles. The van der Waals surface area contributed by atoms with Crippen molar-refractivity contribution >= 4 is 5.91 Å². The first-order chi connectivity index (χ1) is 14.1. The van der Waals surface area contributed by atoms with Crippen LogP contribution in [-0.2, 0) is 24.2 Å². The molecular weight excluding hydrogens is 360 g/mol. The molecule has 152 valence electrons. The van der Waals surface area contributed by atoms with Gasteiger partial charge in [-0.3, -0.25) is 19.7 Å². The maximum atomic E-state index is 12.6. The first kappa shape index (κ1) is 18.7. The fourth-order valence-corrected chi connectivity index (χ4v) is 5.63. The average molecular weight is 391 g/mol. The Balaban J connectivity index is 1.28. The third kappa shape index (κ3) is 3.80. The predicted molar refractivity (Wildman–Crippen MR) is 112 cm³/mol. The highest BCUT2D eigenvalue weighted by atomic mass is 16.2. The number of carbonyl (C=O) groups is 1. The number of aromatic nitrogens is 2. The smallest absolute Gasteiger partial charge is 0.222 e. The molecule has 1 aromatic heterocycles. The van der Waals surface area contributed by atoms with Crippen molar-refractivity contribution in [2.75, 3.05) is 19.6 Å². The molecule has 1 spiro atoms. The molecule has 5 nitrogen and oxygen atoms in total. The lowest BCUT2D eigenvalue weighted by atomic mass is 9.73. The Morgan fingerprint density at radius 3 is 2.59 bits per heavy atom. The van der Waals surface area contributed by atoms with Gasteiger partial charge in [0, 0.05) is 37.2 Å². The van der Waals surface area contributed by atoms with Crippen molar-refractivity contribution in [3.05, 3.63) is 59.2 Å². The summed E-state index contributed by atoms with van der Waals surface area (Å²) in [6, 6.07) is 9.53. The van der Waals surface area contributed by atoms with E-state index in [4.69, 9.17) is 0 Å². The number of rotatable bonds is 3. The standard InChI is InChI=1S/C24H30N4O/c1-18-13-26-21(14-25-18)15-28-17-24(9-7-23(28)29)8-4-10-27(16-24)22-11-19-5-2-3-6-20(19)12-22/h2-3,5-6,13-14,22H,4,7-12,15-17H2,1H3/t24-/m0/s1. The van der Waals surface area contributed by atoms with E-state index in [1.54, 1.807) is 6.20 Å². The third-order valence-corrected chi connectivity index (χ3v) is 7.17. The SMILES string of the molecule is Cc1cnc(CN2C[C@@]3(CCCN(C4Cc5ccccc5C4)C3)CCC2=O)cn1. The summed E-state index contributed by atoms with van der Waals surface area (Å²) in [5.41, 5.74) is 5.08. The Bertz CT molecular complexity index is 871. The molecule has 1 amide bonds. The van der Waals surface area contributed by atoms with Gasteiger partial charge in [-0.1, -0.05) is 24.3 Å². The van der Waals surface area contributed by atoms with Gasteiger partial charge < -0.3 is 4.90 Å². The largest absolute Gasteiger partial charge is 0.336 e. The molecular formula is C24H30N4O. The monoisotopic (exact) mass is 390 g/mol. The van der Waals surface area contributed by atoms with E-state index < -0.39 is 0 Å². The number of piperidine rings is 2. The minimum absolute atomic E-state index is 0.235. The molecule has 5 rings (SSSR count). The van der Waals surface area contributed by atoms with Crippen LogP contribution in [0.25, 0.3) is 0 Å². The summed E-state index contributed by atoms with van der Waals surface area (Å²) in [4.78, 5) is 26.2. The Morgan fingerprint density at radius 2 is 1.86 bits per heavy atom. The number of hydrogen-bond donors (Lipinski definition) is 0. The van der Waals surface area contributed by atoms with E-state index in [1.807, 2.05) is 18.0 Å². The highest BCUT2D eigenvalue weighted by Crippen LogP contribution is 2.41. The van der Waals surface area contributed by atoms with Gasteiger partial charge in [-0.25, -0.2) is 0 Å². The molecule has 2 saturated heterocycles. The molecule has 1 atom stereocenters. The first-order valence-electron chi connectivity index (χ1n) is 11.0. The lowest BCUT2D eigenvalue weighted by Gasteiger charge is -2.49. The van der Waals surface area contributed by atoms with Gasteiger partial charge >= 0.3 is 0 Å². The van der Waals surface area contributed by atoms with Crippen LogP contribution in [0.15, 0.2) is 36.7 Å². The fraction of sp³-hybridized carbons (Fsp3) is 0.542. The van der Waals surface area contributed by atoms with Crippen LogP contribution in [0.4, 0.5) is 0 Å². The van der Waals surface area contributed by atoms with Crippen LogP contribution in [0.1, 0.15) is 48.2 Å². The quantitative estimate of drug-likeness (QED) is 0.808. The van der Waals surface area contributed by atoms with Crippen LogP contribution in [-0.4, -0.2) is 51.4 Å². The van der Waals surface area contributed by atoms with Crippen molar-refractivity contribution in [3.8, 4) is 0 Å². The molecule has 0 N–H and O–H groups in total. The zero-order valence-corrected chi connectivity index (χ0v) is 17.3. The minimum Gasteiger partial charge on any atom is -0.336 e. The Hall–Kier alpha value is -2.27.